The highest BCUT2D eigenvalue weighted by Crippen LogP contribution is 2.16. The van der Waals surface area contributed by atoms with Crippen molar-refractivity contribution in [3.8, 4) is 0 Å². The Morgan fingerprint density at radius 1 is 1.27 bits per heavy atom. The first-order valence-corrected chi connectivity index (χ1v) is 7.50. The van der Waals surface area contributed by atoms with E-state index in [1.165, 1.54) is 25.1 Å². The molecule has 1 aliphatic heterocycles. The van der Waals surface area contributed by atoms with Gasteiger partial charge in [-0.25, -0.2) is 4.79 Å². The lowest BCUT2D eigenvalue weighted by atomic mass is 10.1. The zero-order valence-electron chi connectivity index (χ0n) is 13.8. The summed E-state index contributed by atoms with van der Waals surface area (Å²) in [7, 11) is 0. The third-order valence-electron chi connectivity index (χ3n) is 3.54. The smallest absolute Gasteiger partial charge is 0.329 e. The number of benzene rings is 1. The van der Waals surface area contributed by atoms with Crippen molar-refractivity contribution in [3.05, 3.63) is 41.1 Å². The molecule has 0 aliphatic carbocycles. The van der Waals surface area contributed by atoms with E-state index in [-0.39, 0.29) is 23.8 Å². The number of rotatable bonds is 5. The van der Waals surface area contributed by atoms with Crippen molar-refractivity contribution in [1.29, 1.82) is 0 Å². The number of guanidine groups is 1. The lowest BCUT2D eigenvalue weighted by Gasteiger charge is -2.14. The van der Waals surface area contributed by atoms with Crippen molar-refractivity contribution in [2.75, 3.05) is 6.54 Å². The minimum absolute atomic E-state index is 0.0101. The van der Waals surface area contributed by atoms with E-state index in [1.54, 1.807) is 12.1 Å². The quantitative estimate of drug-likeness (QED) is 0.242. The second kappa shape index (κ2) is 7.47. The Kier molecular flexibility index (Phi) is 5.36. The average molecular weight is 359 g/mol. The zero-order chi connectivity index (χ0) is 19.4. The fraction of sp³-hybridized carbons (Fsp3) is 0.188. The van der Waals surface area contributed by atoms with Crippen LogP contribution in [0.1, 0.15) is 22.8 Å². The number of aliphatic carboxylic acids is 1. The topological polar surface area (TPSA) is 168 Å². The number of carboxylic acids is 1. The van der Waals surface area contributed by atoms with Crippen LogP contribution >= 0.6 is 0 Å². The van der Waals surface area contributed by atoms with E-state index in [0.717, 1.165) is 4.90 Å². The van der Waals surface area contributed by atoms with Crippen LogP contribution in [-0.4, -0.2) is 46.3 Å². The van der Waals surface area contributed by atoms with Gasteiger partial charge in [-0.3, -0.25) is 19.3 Å². The second-order valence-corrected chi connectivity index (χ2v) is 5.61. The Balaban J connectivity index is 2.16. The number of nitrogens with one attached hydrogen (secondary N) is 1. The first-order valence-electron chi connectivity index (χ1n) is 7.50. The normalized spacial score (nSPS) is 16.3. The summed E-state index contributed by atoms with van der Waals surface area (Å²) >= 11 is 0. The molecule has 26 heavy (non-hydrogen) atoms. The highest BCUT2D eigenvalue weighted by atomic mass is 16.4. The van der Waals surface area contributed by atoms with Gasteiger partial charge in [0.2, 0.25) is 0 Å². The van der Waals surface area contributed by atoms with Crippen LogP contribution in [0.15, 0.2) is 35.0 Å². The number of aliphatic imine (C=N–C) groups is 1. The van der Waals surface area contributed by atoms with Crippen LogP contribution in [0.4, 0.5) is 4.79 Å². The van der Waals surface area contributed by atoms with Gasteiger partial charge in [0.15, 0.2) is 5.96 Å². The second-order valence-electron chi connectivity index (χ2n) is 5.61. The summed E-state index contributed by atoms with van der Waals surface area (Å²) in [4.78, 5) is 50.9. The van der Waals surface area contributed by atoms with E-state index in [0.29, 0.717) is 5.56 Å². The maximum Gasteiger partial charge on any atom is 0.329 e. The molecule has 1 heterocycles. The molecule has 10 heteroatoms. The van der Waals surface area contributed by atoms with E-state index in [2.05, 4.69) is 10.3 Å². The van der Waals surface area contributed by atoms with Gasteiger partial charge >= 0.3 is 12.0 Å². The molecule has 0 radical (unpaired) electrons. The first-order chi connectivity index (χ1) is 12.2. The number of amides is 4. The van der Waals surface area contributed by atoms with Crippen LogP contribution in [0.5, 0.6) is 0 Å². The molecule has 0 aromatic heterocycles. The molecule has 1 unspecified atom stereocenters. The van der Waals surface area contributed by atoms with Crippen molar-refractivity contribution in [1.82, 2.24) is 10.2 Å². The van der Waals surface area contributed by atoms with Crippen molar-refractivity contribution in [3.63, 3.8) is 0 Å². The van der Waals surface area contributed by atoms with Crippen LogP contribution in [0.25, 0.3) is 6.08 Å². The largest absolute Gasteiger partial charge is 0.481 e. The predicted octanol–water partition coefficient (Wildman–Crippen LogP) is -0.286. The van der Waals surface area contributed by atoms with Crippen LogP contribution in [0, 0.1) is 5.92 Å². The molecule has 1 aromatic rings. The average Bonchev–Trinajstić information content (AvgIpc) is 2.82. The van der Waals surface area contributed by atoms with E-state index in [4.69, 9.17) is 16.6 Å². The molecule has 136 valence electrons. The Morgan fingerprint density at radius 2 is 1.88 bits per heavy atom. The molecular weight excluding hydrogens is 342 g/mol. The summed E-state index contributed by atoms with van der Waals surface area (Å²) in [5, 5.41) is 11.3. The molecule has 1 saturated heterocycles. The summed E-state index contributed by atoms with van der Waals surface area (Å²) in [5.41, 5.74) is 11.1. The van der Waals surface area contributed by atoms with E-state index in [1.807, 2.05) is 0 Å². The Hall–Kier alpha value is -3.69. The molecule has 0 saturated carbocycles. The van der Waals surface area contributed by atoms with Gasteiger partial charge in [0.05, 0.1) is 5.92 Å². The van der Waals surface area contributed by atoms with Crippen LogP contribution in [-0.2, 0) is 9.59 Å². The van der Waals surface area contributed by atoms with E-state index >= 15 is 0 Å². The molecular formula is C16H17N5O5. The molecule has 1 fully saturated rings. The van der Waals surface area contributed by atoms with Crippen LogP contribution in [0.2, 0.25) is 0 Å². The maximum atomic E-state index is 12.3. The number of nitrogens with two attached hydrogens (primary N) is 2. The fourth-order valence-corrected chi connectivity index (χ4v) is 2.16. The molecule has 1 aliphatic rings. The first kappa shape index (κ1) is 18.6. The molecule has 0 bridgehead atoms. The summed E-state index contributed by atoms with van der Waals surface area (Å²) in [6.07, 6.45) is 1.42. The van der Waals surface area contributed by atoms with Crippen LogP contribution < -0.4 is 16.8 Å². The molecule has 6 N–H and O–H groups in total. The van der Waals surface area contributed by atoms with Gasteiger partial charge in [0, 0.05) is 12.1 Å². The highest BCUT2D eigenvalue weighted by Gasteiger charge is 2.35. The van der Waals surface area contributed by atoms with Crippen LogP contribution in [0.3, 0.4) is 0 Å². The third-order valence-corrected chi connectivity index (χ3v) is 3.54. The number of hydrogen-bond acceptors (Lipinski definition) is 4. The predicted molar refractivity (Wildman–Crippen MR) is 91.6 cm³/mol. The van der Waals surface area contributed by atoms with Gasteiger partial charge in [-0.1, -0.05) is 19.1 Å². The Morgan fingerprint density at radius 3 is 2.42 bits per heavy atom. The number of carbonyl (C=O) groups is 4. The van der Waals surface area contributed by atoms with Crippen molar-refractivity contribution in [2.24, 2.45) is 22.4 Å². The third kappa shape index (κ3) is 4.23. The number of carboxylic acid groups (broad SMARTS) is 1. The lowest BCUT2D eigenvalue weighted by Crippen LogP contribution is -2.36. The SMILES string of the molecule is CC(CN1C(=O)N/C(=C/c2ccc(C(=O)N=C(N)N)cc2)C1=O)C(=O)O. The Bertz CT molecular complexity index is 824. The van der Waals surface area contributed by atoms with Gasteiger partial charge in [-0.15, -0.1) is 0 Å². The standard InChI is InChI=1S/C16H17N5O5/c1-8(14(24)25)7-21-13(23)11(19-16(21)26)6-9-2-4-10(5-3-9)12(22)20-15(17)18/h2-6,8H,7H2,1H3,(H,19,26)(H,24,25)(H4,17,18,20,22)/b11-6+. The molecule has 2 rings (SSSR count). The monoisotopic (exact) mass is 359 g/mol. The van der Waals surface area contributed by atoms with E-state index in [9.17, 15) is 19.2 Å². The number of carbonyl (C=O) groups excluding carboxylic acids is 3. The Labute approximate surface area is 148 Å². The highest BCUT2D eigenvalue weighted by molar-refractivity contribution is 6.14. The van der Waals surface area contributed by atoms with Crippen molar-refractivity contribution in [2.45, 2.75) is 6.92 Å². The van der Waals surface area contributed by atoms with E-state index < -0.39 is 29.7 Å². The van der Waals surface area contributed by atoms with Crippen molar-refractivity contribution >= 4 is 35.9 Å². The van der Waals surface area contributed by atoms with Gasteiger partial charge in [0.1, 0.15) is 5.70 Å². The zero-order valence-corrected chi connectivity index (χ0v) is 13.8. The molecule has 1 atom stereocenters. The molecule has 4 amide bonds. The molecule has 0 spiro atoms. The van der Waals surface area contributed by atoms with Gasteiger partial charge in [-0.05, 0) is 23.8 Å². The maximum absolute atomic E-state index is 12.3. The fourth-order valence-electron chi connectivity index (χ4n) is 2.16. The number of hydrogen-bond donors (Lipinski definition) is 4. The minimum Gasteiger partial charge on any atom is -0.481 e. The van der Waals surface area contributed by atoms with Gasteiger partial charge < -0.3 is 21.9 Å². The summed E-state index contributed by atoms with van der Waals surface area (Å²) in [5.74, 6) is -3.57. The number of imide groups is 1. The number of nitrogens with zero attached hydrogens (tertiary/aromatic N) is 2. The summed E-state index contributed by atoms with van der Waals surface area (Å²) < 4.78 is 0. The summed E-state index contributed by atoms with van der Waals surface area (Å²) in [6.45, 7) is 1.17. The lowest BCUT2D eigenvalue weighted by molar-refractivity contribution is -0.141. The number of urea groups is 1. The van der Waals surface area contributed by atoms with Crippen molar-refractivity contribution < 1.29 is 24.3 Å². The van der Waals surface area contributed by atoms with Gasteiger partial charge in [0.25, 0.3) is 11.8 Å². The minimum atomic E-state index is -1.11. The summed E-state index contributed by atoms with van der Waals surface area (Å²) in [6, 6.07) is 5.34. The molecule has 10 nitrogen and oxygen atoms in total. The van der Waals surface area contributed by atoms with Gasteiger partial charge in [-0.2, -0.15) is 4.99 Å². The molecule has 1 aromatic carbocycles.